The normalized spacial score (nSPS) is 15.8. The summed E-state index contributed by atoms with van der Waals surface area (Å²) in [6.45, 7) is 2.99. The second kappa shape index (κ2) is 7.46. The first-order chi connectivity index (χ1) is 12.4. The number of carbonyl (C=O) groups excluding carboxylic acids is 1. The van der Waals surface area contributed by atoms with Crippen molar-refractivity contribution in [1.82, 2.24) is 19.4 Å². The summed E-state index contributed by atoms with van der Waals surface area (Å²) in [5, 5.41) is 6.99. The Morgan fingerprint density at radius 3 is 2.62 bits per heavy atom. The molecule has 2 aromatic rings. The molecule has 1 amide bonds. The number of benzene rings is 1. The van der Waals surface area contributed by atoms with Crippen LogP contribution in [0, 0.1) is 0 Å². The van der Waals surface area contributed by atoms with Gasteiger partial charge in [0.2, 0.25) is 10.0 Å². The van der Waals surface area contributed by atoms with Crippen LogP contribution in [0.4, 0.5) is 0 Å². The zero-order chi connectivity index (χ0) is 18.7. The number of piperazine rings is 1. The molecule has 0 aliphatic carbocycles. The van der Waals surface area contributed by atoms with Crippen LogP contribution >= 0.6 is 0 Å². The minimum absolute atomic E-state index is 0.0748. The number of nitrogens with one attached hydrogen (secondary N) is 1. The van der Waals surface area contributed by atoms with Crippen LogP contribution in [0.1, 0.15) is 17.4 Å². The van der Waals surface area contributed by atoms with Crippen molar-refractivity contribution in [2.24, 2.45) is 0 Å². The smallest absolute Gasteiger partial charge is 0.271 e. The van der Waals surface area contributed by atoms with Gasteiger partial charge in [-0.05, 0) is 25.1 Å². The summed E-state index contributed by atoms with van der Waals surface area (Å²) in [4.78, 5) is 14.3. The second-order valence-electron chi connectivity index (χ2n) is 5.99. The maximum atomic E-state index is 12.7. The standard InChI is InChI=1S/C17H22N4O4S/c1-3-26(23,24)21-9-7-20(8-10-21)17(22)16-12-15(18-19-16)13-5-4-6-14(11-13)25-2/h4-6,11-12H,3,7-10H2,1-2H3,(H,18,19). The van der Waals surface area contributed by atoms with Crippen LogP contribution in [-0.2, 0) is 10.0 Å². The third-order valence-corrected chi connectivity index (χ3v) is 6.34. The topological polar surface area (TPSA) is 95.6 Å². The lowest BCUT2D eigenvalue weighted by Gasteiger charge is -2.33. The Balaban J connectivity index is 1.69. The van der Waals surface area contributed by atoms with Crippen molar-refractivity contribution in [2.45, 2.75) is 6.92 Å². The molecule has 1 fully saturated rings. The number of hydrogen-bond donors (Lipinski definition) is 1. The van der Waals surface area contributed by atoms with Gasteiger partial charge in [-0.15, -0.1) is 0 Å². The van der Waals surface area contributed by atoms with Crippen LogP contribution in [-0.4, -0.2) is 72.8 Å². The number of hydrogen-bond acceptors (Lipinski definition) is 5. The summed E-state index contributed by atoms with van der Waals surface area (Å²) >= 11 is 0. The van der Waals surface area contributed by atoms with Gasteiger partial charge in [-0.2, -0.15) is 9.40 Å². The molecular formula is C17H22N4O4S. The Hall–Kier alpha value is -2.39. The number of rotatable bonds is 5. The van der Waals surface area contributed by atoms with Gasteiger partial charge in [-0.25, -0.2) is 8.42 Å². The number of aromatic amines is 1. The SMILES string of the molecule is CCS(=O)(=O)N1CCN(C(=O)c2cc(-c3cccc(OC)c3)n[nH]2)CC1. The molecule has 9 heteroatoms. The van der Waals surface area contributed by atoms with E-state index in [0.717, 1.165) is 5.56 Å². The van der Waals surface area contributed by atoms with E-state index in [0.29, 0.717) is 43.3 Å². The summed E-state index contributed by atoms with van der Waals surface area (Å²) < 4.78 is 30.5. The Morgan fingerprint density at radius 2 is 1.96 bits per heavy atom. The lowest BCUT2D eigenvalue weighted by Crippen LogP contribution is -2.50. The molecule has 1 aliphatic rings. The molecule has 0 spiro atoms. The number of amides is 1. The van der Waals surface area contributed by atoms with E-state index in [1.54, 1.807) is 25.0 Å². The molecule has 0 saturated carbocycles. The van der Waals surface area contributed by atoms with Crippen molar-refractivity contribution in [3.63, 3.8) is 0 Å². The highest BCUT2D eigenvalue weighted by atomic mass is 32.2. The van der Waals surface area contributed by atoms with Crippen LogP contribution in [0.2, 0.25) is 0 Å². The molecule has 1 aromatic heterocycles. The number of aromatic nitrogens is 2. The maximum Gasteiger partial charge on any atom is 0.271 e. The van der Waals surface area contributed by atoms with Crippen LogP contribution in [0.15, 0.2) is 30.3 Å². The van der Waals surface area contributed by atoms with E-state index in [4.69, 9.17) is 4.74 Å². The van der Waals surface area contributed by atoms with Gasteiger partial charge in [0, 0.05) is 31.7 Å². The van der Waals surface area contributed by atoms with Crippen molar-refractivity contribution in [2.75, 3.05) is 39.0 Å². The quantitative estimate of drug-likeness (QED) is 0.843. The minimum atomic E-state index is -3.21. The number of H-pyrrole nitrogens is 1. The Labute approximate surface area is 152 Å². The summed E-state index contributed by atoms with van der Waals surface area (Å²) in [6.07, 6.45) is 0. The maximum absolute atomic E-state index is 12.7. The third-order valence-electron chi connectivity index (χ3n) is 4.46. The molecule has 1 N–H and O–H groups in total. The molecule has 2 heterocycles. The number of nitrogens with zero attached hydrogens (tertiary/aromatic N) is 3. The van der Waals surface area contributed by atoms with Crippen LogP contribution in [0.3, 0.4) is 0 Å². The predicted octanol–water partition coefficient (Wildman–Crippen LogP) is 1.19. The monoisotopic (exact) mass is 378 g/mol. The fraction of sp³-hybridized carbons (Fsp3) is 0.412. The zero-order valence-electron chi connectivity index (χ0n) is 14.8. The summed E-state index contributed by atoms with van der Waals surface area (Å²) in [5.41, 5.74) is 1.88. The first-order valence-electron chi connectivity index (χ1n) is 8.41. The first-order valence-corrected chi connectivity index (χ1v) is 10.0. The molecule has 0 bridgehead atoms. The van der Waals surface area contributed by atoms with E-state index in [9.17, 15) is 13.2 Å². The van der Waals surface area contributed by atoms with Gasteiger partial charge >= 0.3 is 0 Å². The molecule has 0 unspecified atom stereocenters. The van der Waals surface area contributed by atoms with Crippen LogP contribution in [0.25, 0.3) is 11.3 Å². The summed E-state index contributed by atoms with van der Waals surface area (Å²) in [5.74, 6) is 0.609. The van der Waals surface area contributed by atoms with Crippen molar-refractivity contribution < 1.29 is 17.9 Å². The molecule has 1 aliphatic heterocycles. The van der Waals surface area contributed by atoms with Gasteiger partial charge in [-0.3, -0.25) is 9.89 Å². The molecule has 8 nitrogen and oxygen atoms in total. The van der Waals surface area contributed by atoms with Crippen molar-refractivity contribution >= 4 is 15.9 Å². The van der Waals surface area contributed by atoms with E-state index in [1.165, 1.54) is 4.31 Å². The van der Waals surface area contributed by atoms with Gasteiger partial charge in [0.25, 0.3) is 5.91 Å². The van der Waals surface area contributed by atoms with E-state index < -0.39 is 10.0 Å². The lowest BCUT2D eigenvalue weighted by molar-refractivity contribution is 0.0692. The predicted molar refractivity (Wildman–Crippen MR) is 97.5 cm³/mol. The molecule has 140 valence electrons. The fourth-order valence-corrected chi connectivity index (χ4v) is 3.97. The van der Waals surface area contributed by atoms with E-state index in [1.807, 2.05) is 24.3 Å². The van der Waals surface area contributed by atoms with Gasteiger partial charge < -0.3 is 9.64 Å². The number of sulfonamides is 1. The van der Waals surface area contributed by atoms with Crippen molar-refractivity contribution in [1.29, 1.82) is 0 Å². The van der Waals surface area contributed by atoms with Gasteiger partial charge in [-0.1, -0.05) is 12.1 Å². The van der Waals surface area contributed by atoms with Crippen molar-refractivity contribution in [3.05, 3.63) is 36.0 Å². The van der Waals surface area contributed by atoms with E-state index >= 15 is 0 Å². The zero-order valence-corrected chi connectivity index (χ0v) is 15.6. The van der Waals surface area contributed by atoms with Crippen molar-refractivity contribution in [3.8, 4) is 17.0 Å². The summed E-state index contributed by atoms with van der Waals surface area (Å²) in [6, 6.07) is 9.14. The molecule has 3 rings (SSSR count). The Morgan fingerprint density at radius 1 is 1.23 bits per heavy atom. The number of methoxy groups -OCH3 is 1. The molecule has 1 aromatic carbocycles. The molecule has 0 atom stereocenters. The molecule has 1 saturated heterocycles. The molecule has 26 heavy (non-hydrogen) atoms. The van der Waals surface area contributed by atoms with Crippen LogP contribution in [0.5, 0.6) is 5.75 Å². The van der Waals surface area contributed by atoms with E-state index in [-0.39, 0.29) is 11.7 Å². The number of ether oxygens (including phenoxy) is 1. The highest BCUT2D eigenvalue weighted by Gasteiger charge is 2.28. The van der Waals surface area contributed by atoms with Crippen LogP contribution < -0.4 is 4.74 Å². The number of carbonyl (C=O) groups is 1. The van der Waals surface area contributed by atoms with E-state index in [2.05, 4.69) is 10.2 Å². The molecular weight excluding hydrogens is 356 g/mol. The third kappa shape index (κ3) is 3.73. The van der Waals surface area contributed by atoms with Gasteiger partial charge in [0.05, 0.1) is 18.6 Å². The second-order valence-corrected chi connectivity index (χ2v) is 8.25. The summed E-state index contributed by atoms with van der Waals surface area (Å²) in [7, 11) is -1.62. The fourth-order valence-electron chi connectivity index (χ4n) is 2.88. The van der Waals surface area contributed by atoms with Gasteiger partial charge in [0.15, 0.2) is 0 Å². The lowest BCUT2D eigenvalue weighted by atomic mass is 10.1. The largest absolute Gasteiger partial charge is 0.497 e. The Bertz CT molecular complexity index is 886. The minimum Gasteiger partial charge on any atom is -0.497 e. The molecule has 0 radical (unpaired) electrons. The van der Waals surface area contributed by atoms with Gasteiger partial charge in [0.1, 0.15) is 11.4 Å². The highest BCUT2D eigenvalue weighted by molar-refractivity contribution is 7.89. The first kappa shape index (κ1) is 18.4. The Kier molecular flexibility index (Phi) is 5.28. The average molecular weight is 378 g/mol. The highest BCUT2D eigenvalue weighted by Crippen LogP contribution is 2.23. The average Bonchev–Trinajstić information content (AvgIpc) is 3.18.